The number of nitrogens with one attached hydrogen (secondary N) is 1. The molecular formula is C15H17F3N2O2. The lowest BCUT2D eigenvalue weighted by molar-refractivity contribution is -0.141. The Bertz CT molecular complexity index is 559. The zero-order chi connectivity index (χ0) is 15.9. The van der Waals surface area contributed by atoms with Gasteiger partial charge in [-0.3, -0.25) is 9.78 Å². The van der Waals surface area contributed by atoms with Gasteiger partial charge in [-0.25, -0.2) is 0 Å². The smallest absolute Gasteiger partial charge is 0.396 e. The van der Waals surface area contributed by atoms with Gasteiger partial charge in [-0.1, -0.05) is 0 Å². The van der Waals surface area contributed by atoms with Gasteiger partial charge in [0.25, 0.3) is 5.91 Å². The molecule has 7 heteroatoms. The molecule has 120 valence electrons. The van der Waals surface area contributed by atoms with Gasteiger partial charge < -0.3 is 10.4 Å². The third-order valence-corrected chi connectivity index (χ3v) is 4.91. The van der Waals surface area contributed by atoms with Crippen LogP contribution in [0.2, 0.25) is 0 Å². The first kappa shape index (κ1) is 15.3. The first-order valence-electron chi connectivity index (χ1n) is 7.35. The van der Waals surface area contributed by atoms with E-state index in [2.05, 4.69) is 10.3 Å². The molecule has 0 radical (unpaired) electrons. The van der Waals surface area contributed by atoms with Gasteiger partial charge in [0, 0.05) is 24.8 Å². The fourth-order valence-electron chi connectivity index (χ4n) is 3.83. The van der Waals surface area contributed by atoms with Gasteiger partial charge in [0.1, 0.15) is 5.69 Å². The second-order valence-corrected chi connectivity index (χ2v) is 6.11. The van der Waals surface area contributed by atoms with Crippen molar-refractivity contribution in [1.82, 2.24) is 10.3 Å². The molecule has 1 amide bonds. The highest BCUT2D eigenvalue weighted by Gasteiger charge is 2.47. The van der Waals surface area contributed by atoms with E-state index in [0.29, 0.717) is 11.8 Å². The van der Waals surface area contributed by atoms with E-state index >= 15 is 0 Å². The largest absolute Gasteiger partial charge is 0.433 e. The quantitative estimate of drug-likeness (QED) is 0.899. The Hall–Kier alpha value is -1.63. The number of rotatable bonds is 3. The van der Waals surface area contributed by atoms with E-state index in [1.54, 1.807) is 0 Å². The Balaban J connectivity index is 1.69. The van der Waals surface area contributed by atoms with Crippen molar-refractivity contribution in [2.45, 2.75) is 31.5 Å². The van der Waals surface area contributed by atoms with Gasteiger partial charge in [0.15, 0.2) is 0 Å². The second-order valence-electron chi connectivity index (χ2n) is 6.11. The van der Waals surface area contributed by atoms with Crippen LogP contribution in [0.1, 0.15) is 35.3 Å². The number of nitrogens with zero attached hydrogens (tertiary/aromatic N) is 1. The lowest BCUT2D eigenvalue weighted by Gasteiger charge is -2.30. The van der Waals surface area contributed by atoms with Crippen LogP contribution in [-0.4, -0.2) is 28.6 Å². The number of alkyl halides is 3. The summed E-state index contributed by atoms with van der Waals surface area (Å²) in [5.74, 6) is 0.405. The van der Waals surface area contributed by atoms with E-state index < -0.39 is 17.8 Å². The monoisotopic (exact) mass is 314 g/mol. The fraction of sp³-hybridized carbons (Fsp3) is 0.600. The maximum absolute atomic E-state index is 12.5. The average Bonchev–Trinajstić information content (AvgIpc) is 3.07. The first-order valence-corrected chi connectivity index (χ1v) is 7.35. The Morgan fingerprint density at radius 3 is 2.64 bits per heavy atom. The van der Waals surface area contributed by atoms with Gasteiger partial charge in [-0.2, -0.15) is 13.2 Å². The van der Waals surface area contributed by atoms with Crippen LogP contribution in [0.15, 0.2) is 18.3 Å². The normalized spacial score (nSPS) is 30.5. The van der Waals surface area contributed by atoms with Crippen molar-refractivity contribution in [3.8, 4) is 0 Å². The lowest BCUT2D eigenvalue weighted by Crippen LogP contribution is -2.45. The molecule has 2 fully saturated rings. The molecule has 22 heavy (non-hydrogen) atoms. The predicted octanol–water partition coefficient (Wildman–Crippen LogP) is 2.24. The van der Waals surface area contributed by atoms with E-state index in [1.807, 2.05) is 0 Å². The fourth-order valence-corrected chi connectivity index (χ4v) is 3.83. The number of fused-ring (bicyclic) bond motifs is 2. The minimum atomic E-state index is -4.51. The van der Waals surface area contributed by atoms with Crippen LogP contribution in [-0.2, 0) is 6.18 Å². The standard InChI is InChI=1S/C15H17F3N2O2/c16-15(17,18)12-4-3-10(6-19-12)14(22)20-13-9-2-1-8(5-9)11(13)7-21/h3-4,6,8-9,11,13,21H,1-2,5,7H2,(H,20,22). The summed E-state index contributed by atoms with van der Waals surface area (Å²) in [4.78, 5) is 15.5. The number of hydrogen-bond acceptors (Lipinski definition) is 3. The van der Waals surface area contributed by atoms with Gasteiger partial charge in [-0.15, -0.1) is 0 Å². The van der Waals surface area contributed by atoms with Crippen molar-refractivity contribution in [2.75, 3.05) is 6.61 Å². The number of halogens is 3. The number of amides is 1. The summed E-state index contributed by atoms with van der Waals surface area (Å²) in [6.07, 6.45) is -0.468. The van der Waals surface area contributed by atoms with Crippen molar-refractivity contribution in [3.63, 3.8) is 0 Å². The molecule has 4 atom stereocenters. The van der Waals surface area contributed by atoms with E-state index in [9.17, 15) is 23.1 Å². The van der Waals surface area contributed by atoms with Crippen LogP contribution in [0.3, 0.4) is 0 Å². The molecule has 1 heterocycles. The zero-order valence-electron chi connectivity index (χ0n) is 11.8. The van der Waals surface area contributed by atoms with Gasteiger partial charge in [-0.05, 0) is 43.2 Å². The predicted molar refractivity (Wildman–Crippen MR) is 71.9 cm³/mol. The van der Waals surface area contributed by atoms with E-state index in [1.165, 1.54) is 0 Å². The van der Waals surface area contributed by atoms with Crippen LogP contribution in [0, 0.1) is 17.8 Å². The number of hydrogen-bond donors (Lipinski definition) is 2. The molecule has 1 aromatic heterocycles. The highest BCUT2D eigenvalue weighted by atomic mass is 19.4. The molecule has 4 nitrogen and oxygen atoms in total. The summed E-state index contributed by atoms with van der Waals surface area (Å²) < 4.78 is 37.4. The first-order chi connectivity index (χ1) is 10.4. The molecule has 0 saturated heterocycles. The molecule has 0 aliphatic heterocycles. The summed E-state index contributed by atoms with van der Waals surface area (Å²) >= 11 is 0. The van der Waals surface area contributed by atoms with E-state index in [-0.39, 0.29) is 24.1 Å². The number of aliphatic hydroxyl groups is 1. The van der Waals surface area contributed by atoms with Gasteiger partial charge >= 0.3 is 6.18 Å². The van der Waals surface area contributed by atoms with E-state index in [0.717, 1.165) is 37.6 Å². The topological polar surface area (TPSA) is 62.2 Å². The summed E-state index contributed by atoms with van der Waals surface area (Å²) in [5.41, 5.74) is -0.912. The average molecular weight is 314 g/mol. The van der Waals surface area contributed by atoms with Crippen molar-refractivity contribution in [1.29, 1.82) is 0 Å². The van der Waals surface area contributed by atoms with Crippen LogP contribution in [0.25, 0.3) is 0 Å². The minimum Gasteiger partial charge on any atom is -0.396 e. The summed E-state index contributed by atoms with van der Waals surface area (Å²) in [6.45, 7) is 0.0252. The second kappa shape index (κ2) is 5.53. The van der Waals surface area contributed by atoms with Crippen LogP contribution >= 0.6 is 0 Å². The summed E-state index contributed by atoms with van der Waals surface area (Å²) in [6, 6.07) is 1.84. The van der Waals surface area contributed by atoms with E-state index in [4.69, 9.17) is 0 Å². The third-order valence-electron chi connectivity index (χ3n) is 4.91. The number of carbonyl (C=O) groups is 1. The van der Waals surface area contributed by atoms with Gasteiger partial charge in [0.05, 0.1) is 5.56 Å². The third kappa shape index (κ3) is 2.69. The highest BCUT2D eigenvalue weighted by molar-refractivity contribution is 5.94. The van der Waals surface area contributed by atoms with Crippen molar-refractivity contribution in [3.05, 3.63) is 29.6 Å². The van der Waals surface area contributed by atoms with Crippen molar-refractivity contribution in [2.24, 2.45) is 17.8 Å². The zero-order valence-corrected chi connectivity index (χ0v) is 11.8. The van der Waals surface area contributed by atoms with Gasteiger partial charge in [0.2, 0.25) is 0 Å². The lowest BCUT2D eigenvalue weighted by atomic mass is 9.85. The Morgan fingerprint density at radius 1 is 1.32 bits per heavy atom. The Kier molecular flexibility index (Phi) is 3.84. The molecule has 0 aromatic carbocycles. The maximum Gasteiger partial charge on any atom is 0.433 e. The van der Waals surface area contributed by atoms with Crippen molar-refractivity contribution >= 4 is 5.91 Å². The number of aliphatic hydroxyl groups excluding tert-OH is 1. The molecule has 2 aliphatic carbocycles. The summed E-state index contributed by atoms with van der Waals surface area (Å²) in [5, 5.41) is 12.3. The Labute approximate surface area is 125 Å². The number of pyridine rings is 1. The molecule has 0 spiro atoms. The van der Waals surface area contributed by atoms with Crippen LogP contribution in [0.5, 0.6) is 0 Å². The molecule has 2 bridgehead atoms. The molecule has 1 aromatic rings. The maximum atomic E-state index is 12.5. The number of aromatic nitrogens is 1. The minimum absolute atomic E-state index is 0.0252. The molecule has 3 rings (SSSR count). The number of carbonyl (C=O) groups excluding carboxylic acids is 1. The SMILES string of the molecule is O=C(NC1C2CCC(C2)C1CO)c1ccc(C(F)(F)F)nc1. The molecular weight excluding hydrogens is 297 g/mol. The molecule has 2 aliphatic rings. The van der Waals surface area contributed by atoms with Crippen LogP contribution < -0.4 is 5.32 Å². The molecule has 2 N–H and O–H groups in total. The summed E-state index contributed by atoms with van der Waals surface area (Å²) in [7, 11) is 0. The molecule has 2 saturated carbocycles. The highest BCUT2D eigenvalue weighted by Crippen LogP contribution is 2.48. The van der Waals surface area contributed by atoms with Crippen molar-refractivity contribution < 1.29 is 23.1 Å². The van der Waals surface area contributed by atoms with Crippen LogP contribution in [0.4, 0.5) is 13.2 Å². The Morgan fingerprint density at radius 2 is 2.05 bits per heavy atom. The molecule has 4 unspecified atom stereocenters.